The molecule has 21 heavy (non-hydrogen) atoms. The number of thiophene rings is 1. The summed E-state index contributed by atoms with van der Waals surface area (Å²) in [4.78, 5) is 16.4. The van der Waals surface area contributed by atoms with Crippen LogP contribution in [0.15, 0.2) is 30.4 Å². The van der Waals surface area contributed by atoms with Crippen LogP contribution in [0.3, 0.4) is 0 Å². The maximum Gasteiger partial charge on any atom is 0.141 e. The van der Waals surface area contributed by atoms with Crippen LogP contribution in [-0.4, -0.2) is 37.3 Å². The number of hydrogen-bond donors (Lipinski definition) is 0. The van der Waals surface area contributed by atoms with Crippen molar-refractivity contribution in [3.63, 3.8) is 0 Å². The highest BCUT2D eigenvalue weighted by Crippen LogP contribution is 2.31. The molecule has 1 aliphatic heterocycles. The number of aromatic nitrogens is 5. The Morgan fingerprint density at radius 1 is 1.24 bits per heavy atom. The highest BCUT2D eigenvalue weighted by Gasteiger charge is 2.25. The largest absolute Gasteiger partial charge is 0.351 e. The van der Waals surface area contributed by atoms with Gasteiger partial charge in [0.2, 0.25) is 0 Å². The molecule has 0 bridgehead atoms. The molecule has 0 aliphatic carbocycles. The van der Waals surface area contributed by atoms with Crippen molar-refractivity contribution < 1.29 is 0 Å². The minimum absolute atomic E-state index is 0.415. The van der Waals surface area contributed by atoms with E-state index in [0.717, 1.165) is 35.5 Å². The first kappa shape index (κ1) is 12.7. The smallest absolute Gasteiger partial charge is 0.141 e. The normalized spacial score (nSPS) is 19.2. The van der Waals surface area contributed by atoms with Gasteiger partial charge in [0.25, 0.3) is 0 Å². The first-order chi connectivity index (χ1) is 10.4. The van der Waals surface area contributed by atoms with E-state index in [1.165, 1.54) is 12.8 Å². The summed E-state index contributed by atoms with van der Waals surface area (Å²) in [5.74, 6) is 1.06. The van der Waals surface area contributed by atoms with Gasteiger partial charge in [0.05, 0.1) is 18.0 Å². The Balaban J connectivity index is 1.68. The molecule has 7 heteroatoms. The maximum absolute atomic E-state index is 4.56. The van der Waals surface area contributed by atoms with Gasteiger partial charge in [0, 0.05) is 6.54 Å². The summed E-state index contributed by atoms with van der Waals surface area (Å²) in [7, 11) is 0. The molecular weight excluding hydrogens is 284 g/mol. The lowest BCUT2D eigenvalue weighted by atomic mass is 10.0. The lowest BCUT2D eigenvalue weighted by Gasteiger charge is -2.36. The molecule has 3 aromatic heterocycles. The van der Waals surface area contributed by atoms with Crippen molar-refractivity contribution in [3.8, 4) is 0 Å². The van der Waals surface area contributed by atoms with Crippen LogP contribution >= 0.6 is 11.3 Å². The van der Waals surface area contributed by atoms with Crippen molar-refractivity contribution in [2.45, 2.75) is 31.8 Å². The van der Waals surface area contributed by atoms with Gasteiger partial charge < -0.3 is 4.90 Å². The molecule has 3 aromatic rings. The highest BCUT2D eigenvalue weighted by molar-refractivity contribution is 7.16. The molecule has 4 rings (SSSR count). The third kappa shape index (κ3) is 2.37. The van der Waals surface area contributed by atoms with Gasteiger partial charge in [-0.1, -0.05) is 0 Å². The van der Waals surface area contributed by atoms with E-state index in [1.807, 2.05) is 4.68 Å². The van der Waals surface area contributed by atoms with Gasteiger partial charge in [-0.2, -0.15) is 5.10 Å². The average Bonchev–Trinajstić information content (AvgIpc) is 3.18. The van der Waals surface area contributed by atoms with Crippen LogP contribution in [0, 0.1) is 0 Å². The summed E-state index contributed by atoms with van der Waals surface area (Å²) in [5.41, 5.74) is 0. The third-order valence-corrected chi connectivity index (χ3v) is 4.83. The molecule has 0 aromatic carbocycles. The summed E-state index contributed by atoms with van der Waals surface area (Å²) in [6.45, 7) is 1.90. The second-order valence-electron chi connectivity index (χ2n) is 5.30. The Bertz CT molecular complexity index is 722. The van der Waals surface area contributed by atoms with Gasteiger partial charge >= 0.3 is 0 Å². The van der Waals surface area contributed by atoms with E-state index >= 15 is 0 Å². The summed E-state index contributed by atoms with van der Waals surface area (Å²) in [6.07, 6.45) is 8.68. The zero-order valence-electron chi connectivity index (χ0n) is 11.6. The van der Waals surface area contributed by atoms with Gasteiger partial charge in [0.15, 0.2) is 0 Å². The Labute approximate surface area is 126 Å². The number of anilines is 1. The molecule has 0 amide bonds. The molecule has 0 N–H and O–H groups in total. The quantitative estimate of drug-likeness (QED) is 0.743. The Hall–Kier alpha value is -2.02. The predicted octanol–water partition coefficient (Wildman–Crippen LogP) is 2.34. The second-order valence-corrected chi connectivity index (χ2v) is 6.19. The SMILES string of the molecule is c1nc(N2CCCC[C@@H]2Cn2cncn2)c2ccsc2n1. The van der Waals surface area contributed by atoms with Crippen LogP contribution in [-0.2, 0) is 6.54 Å². The van der Waals surface area contributed by atoms with Crippen molar-refractivity contribution in [3.05, 3.63) is 30.4 Å². The predicted molar refractivity (Wildman–Crippen MR) is 82.4 cm³/mol. The van der Waals surface area contributed by atoms with Crippen molar-refractivity contribution in [2.75, 3.05) is 11.4 Å². The van der Waals surface area contributed by atoms with E-state index in [9.17, 15) is 0 Å². The number of fused-ring (bicyclic) bond motifs is 1. The van der Waals surface area contributed by atoms with Gasteiger partial charge in [0.1, 0.15) is 29.6 Å². The molecule has 0 saturated carbocycles. The average molecular weight is 300 g/mol. The van der Waals surface area contributed by atoms with Crippen LogP contribution in [0.4, 0.5) is 5.82 Å². The van der Waals surface area contributed by atoms with Gasteiger partial charge in [-0.15, -0.1) is 11.3 Å². The topological polar surface area (TPSA) is 59.7 Å². The molecule has 0 spiro atoms. The van der Waals surface area contributed by atoms with Gasteiger partial charge in [-0.3, -0.25) is 4.68 Å². The summed E-state index contributed by atoms with van der Waals surface area (Å²) in [5, 5.41) is 7.48. The Morgan fingerprint density at radius 3 is 3.14 bits per heavy atom. The van der Waals surface area contributed by atoms with Crippen molar-refractivity contribution >= 4 is 27.4 Å². The number of hydrogen-bond acceptors (Lipinski definition) is 6. The third-order valence-electron chi connectivity index (χ3n) is 4.00. The minimum atomic E-state index is 0.415. The molecule has 0 radical (unpaired) electrons. The highest BCUT2D eigenvalue weighted by atomic mass is 32.1. The molecule has 1 fully saturated rings. The molecule has 4 heterocycles. The van der Waals surface area contributed by atoms with Crippen LogP contribution in [0.5, 0.6) is 0 Å². The number of piperidine rings is 1. The zero-order chi connectivity index (χ0) is 14.1. The maximum atomic E-state index is 4.56. The molecule has 1 saturated heterocycles. The summed E-state index contributed by atoms with van der Waals surface area (Å²) in [6, 6.07) is 2.54. The summed E-state index contributed by atoms with van der Waals surface area (Å²) >= 11 is 1.67. The lowest BCUT2D eigenvalue weighted by molar-refractivity contribution is 0.397. The summed E-state index contributed by atoms with van der Waals surface area (Å²) < 4.78 is 1.91. The molecule has 0 unspecified atom stereocenters. The fraction of sp³-hybridized carbons (Fsp3) is 0.429. The fourth-order valence-corrected chi connectivity index (χ4v) is 3.75. The number of rotatable bonds is 3. The lowest BCUT2D eigenvalue weighted by Crippen LogP contribution is -2.43. The molecular formula is C14H16N6S. The van der Waals surface area contributed by atoms with Crippen molar-refractivity contribution in [1.82, 2.24) is 24.7 Å². The standard InChI is InChI=1S/C14H16N6S/c1-2-5-20(11(3-1)7-19-10-15-8-18-19)13-12-4-6-21-14(12)17-9-16-13/h4,6,8-11H,1-3,5,7H2/t11-/m1/s1. The van der Waals surface area contributed by atoms with E-state index in [0.29, 0.717) is 6.04 Å². The Morgan fingerprint density at radius 2 is 2.24 bits per heavy atom. The monoisotopic (exact) mass is 300 g/mol. The van der Waals surface area contributed by atoms with E-state index in [2.05, 4.69) is 36.4 Å². The first-order valence-electron chi connectivity index (χ1n) is 7.19. The zero-order valence-corrected chi connectivity index (χ0v) is 12.4. The Kier molecular flexibility index (Phi) is 3.27. The van der Waals surface area contributed by atoms with E-state index in [4.69, 9.17) is 0 Å². The van der Waals surface area contributed by atoms with Crippen LogP contribution < -0.4 is 4.90 Å². The van der Waals surface area contributed by atoms with Crippen molar-refractivity contribution in [1.29, 1.82) is 0 Å². The molecule has 1 aliphatic rings. The molecule has 6 nitrogen and oxygen atoms in total. The van der Waals surface area contributed by atoms with E-state index in [1.54, 1.807) is 30.3 Å². The van der Waals surface area contributed by atoms with Crippen LogP contribution in [0.25, 0.3) is 10.2 Å². The van der Waals surface area contributed by atoms with E-state index < -0.39 is 0 Å². The van der Waals surface area contributed by atoms with Crippen molar-refractivity contribution in [2.24, 2.45) is 0 Å². The minimum Gasteiger partial charge on any atom is -0.351 e. The van der Waals surface area contributed by atoms with Crippen LogP contribution in [0.1, 0.15) is 19.3 Å². The van der Waals surface area contributed by atoms with E-state index in [-0.39, 0.29) is 0 Å². The fourth-order valence-electron chi connectivity index (χ4n) is 3.02. The van der Waals surface area contributed by atoms with Crippen LogP contribution in [0.2, 0.25) is 0 Å². The second kappa shape index (κ2) is 5.40. The van der Waals surface area contributed by atoms with Gasteiger partial charge in [-0.05, 0) is 30.7 Å². The molecule has 1 atom stereocenters. The van der Waals surface area contributed by atoms with Gasteiger partial charge in [-0.25, -0.2) is 15.0 Å². The number of nitrogens with zero attached hydrogens (tertiary/aromatic N) is 6. The first-order valence-corrected chi connectivity index (χ1v) is 8.07. The molecule has 108 valence electrons.